The summed E-state index contributed by atoms with van der Waals surface area (Å²) in [4.78, 5) is 14.5. The fourth-order valence-corrected chi connectivity index (χ4v) is 3.38. The minimum absolute atomic E-state index is 0.0874. The molecule has 0 bridgehead atoms. The van der Waals surface area contributed by atoms with Crippen molar-refractivity contribution in [2.45, 2.75) is 38.6 Å². The number of carbonyl (C=O) groups excluding carboxylic acids is 1. The van der Waals surface area contributed by atoms with Gasteiger partial charge in [-0.15, -0.1) is 0 Å². The maximum absolute atomic E-state index is 12.7. The molecule has 0 aliphatic carbocycles. The minimum Gasteiger partial charge on any atom is -0.483 e. The zero-order valence-electron chi connectivity index (χ0n) is 15.8. The summed E-state index contributed by atoms with van der Waals surface area (Å²) in [5, 5.41) is 0. The molecule has 0 aliphatic rings. The Morgan fingerprint density at radius 1 is 1.08 bits per heavy atom. The van der Waals surface area contributed by atoms with Crippen LogP contribution >= 0.6 is 0 Å². The lowest BCUT2D eigenvalue weighted by molar-refractivity contribution is -0.120. The van der Waals surface area contributed by atoms with Gasteiger partial charge in [0, 0.05) is 18.0 Å². The van der Waals surface area contributed by atoms with Gasteiger partial charge in [0.2, 0.25) is 0 Å². The molecule has 26 heavy (non-hydrogen) atoms. The van der Waals surface area contributed by atoms with Crippen LogP contribution in [0.15, 0.2) is 47.4 Å². The molecule has 140 valence electrons. The zero-order valence-corrected chi connectivity index (χ0v) is 16.6. The van der Waals surface area contributed by atoms with E-state index < -0.39 is 9.84 Å². The SMILES string of the molecule is Cc1ccc(OCC(=O)N(c2ccc(S(C)(=O)=O)cc2)C(C)C)c(C)c1. The van der Waals surface area contributed by atoms with Crippen molar-refractivity contribution in [3.8, 4) is 5.75 Å². The predicted octanol–water partition coefficient (Wildman–Crippen LogP) is 3.53. The molecule has 0 unspecified atom stereocenters. The Labute approximate surface area is 155 Å². The number of sulfone groups is 1. The van der Waals surface area contributed by atoms with Gasteiger partial charge >= 0.3 is 0 Å². The second-order valence-electron chi connectivity index (χ2n) is 6.68. The van der Waals surface area contributed by atoms with Crippen molar-refractivity contribution in [2.24, 2.45) is 0 Å². The molecule has 0 saturated heterocycles. The van der Waals surface area contributed by atoms with Crippen molar-refractivity contribution < 1.29 is 17.9 Å². The van der Waals surface area contributed by atoms with Gasteiger partial charge < -0.3 is 9.64 Å². The number of nitrogens with zero attached hydrogens (tertiary/aromatic N) is 1. The molecule has 0 fully saturated rings. The summed E-state index contributed by atoms with van der Waals surface area (Å²) in [6.45, 7) is 7.66. The largest absolute Gasteiger partial charge is 0.483 e. The Morgan fingerprint density at radius 3 is 2.19 bits per heavy atom. The Hall–Kier alpha value is -2.34. The summed E-state index contributed by atoms with van der Waals surface area (Å²) in [5.41, 5.74) is 2.75. The first-order valence-electron chi connectivity index (χ1n) is 8.42. The van der Waals surface area contributed by atoms with Crippen molar-refractivity contribution >= 4 is 21.4 Å². The van der Waals surface area contributed by atoms with Crippen LogP contribution in [0.4, 0.5) is 5.69 Å². The van der Waals surface area contributed by atoms with Crippen LogP contribution in [0.3, 0.4) is 0 Å². The monoisotopic (exact) mass is 375 g/mol. The van der Waals surface area contributed by atoms with Gasteiger partial charge in [0.05, 0.1) is 4.90 Å². The third kappa shape index (κ3) is 4.85. The quantitative estimate of drug-likeness (QED) is 0.775. The van der Waals surface area contributed by atoms with E-state index in [9.17, 15) is 13.2 Å². The second-order valence-corrected chi connectivity index (χ2v) is 8.70. The van der Waals surface area contributed by atoms with E-state index in [-0.39, 0.29) is 23.5 Å². The van der Waals surface area contributed by atoms with Crippen LogP contribution in [0.1, 0.15) is 25.0 Å². The summed E-state index contributed by atoms with van der Waals surface area (Å²) >= 11 is 0. The average Bonchev–Trinajstić information content (AvgIpc) is 2.53. The maximum atomic E-state index is 12.7. The summed E-state index contributed by atoms with van der Waals surface area (Å²) in [6.07, 6.45) is 1.16. The van der Waals surface area contributed by atoms with Gasteiger partial charge in [0.15, 0.2) is 16.4 Å². The molecule has 0 radical (unpaired) electrons. The molecule has 0 aromatic heterocycles. The fourth-order valence-electron chi connectivity index (χ4n) is 2.75. The van der Waals surface area contributed by atoms with E-state index in [4.69, 9.17) is 4.74 Å². The van der Waals surface area contributed by atoms with E-state index in [1.165, 1.54) is 12.1 Å². The average molecular weight is 375 g/mol. The normalized spacial score (nSPS) is 11.5. The van der Waals surface area contributed by atoms with E-state index in [0.717, 1.165) is 17.4 Å². The van der Waals surface area contributed by atoms with Gasteiger partial charge in [-0.05, 0) is 63.6 Å². The van der Waals surface area contributed by atoms with E-state index in [1.54, 1.807) is 17.0 Å². The second kappa shape index (κ2) is 7.91. The van der Waals surface area contributed by atoms with Crippen molar-refractivity contribution in [1.29, 1.82) is 0 Å². The molecular formula is C20H25NO4S. The molecule has 6 heteroatoms. The molecule has 0 N–H and O–H groups in total. The molecule has 0 heterocycles. The third-order valence-electron chi connectivity index (χ3n) is 4.01. The molecule has 0 atom stereocenters. The fraction of sp³-hybridized carbons (Fsp3) is 0.350. The van der Waals surface area contributed by atoms with Crippen LogP contribution in [0.25, 0.3) is 0 Å². The molecule has 2 rings (SSSR count). The highest BCUT2D eigenvalue weighted by molar-refractivity contribution is 7.90. The Balaban J connectivity index is 2.17. The standard InChI is InChI=1S/C20H25NO4S/c1-14(2)21(17-7-9-18(10-8-17)26(5,23)24)20(22)13-25-19-11-6-15(3)12-16(19)4/h6-12,14H,13H2,1-5H3. The zero-order chi connectivity index (χ0) is 19.5. The Kier molecular flexibility index (Phi) is 6.08. The molecule has 5 nitrogen and oxygen atoms in total. The highest BCUT2D eigenvalue weighted by Gasteiger charge is 2.20. The summed E-state index contributed by atoms with van der Waals surface area (Å²) in [5.74, 6) is 0.493. The first-order chi connectivity index (χ1) is 12.1. The number of amides is 1. The summed E-state index contributed by atoms with van der Waals surface area (Å²) in [7, 11) is -3.27. The number of benzene rings is 2. The highest BCUT2D eigenvalue weighted by atomic mass is 32.2. The van der Waals surface area contributed by atoms with E-state index in [0.29, 0.717) is 11.4 Å². The van der Waals surface area contributed by atoms with Crippen LogP contribution in [0.2, 0.25) is 0 Å². The van der Waals surface area contributed by atoms with Crippen LogP contribution in [0.5, 0.6) is 5.75 Å². The van der Waals surface area contributed by atoms with Gasteiger partial charge in [0.1, 0.15) is 5.75 Å². The number of anilines is 1. The molecule has 2 aromatic carbocycles. The molecule has 0 aliphatic heterocycles. The summed E-state index contributed by atoms with van der Waals surface area (Å²) < 4.78 is 28.9. The van der Waals surface area contributed by atoms with Gasteiger partial charge in [-0.3, -0.25) is 4.79 Å². The van der Waals surface area contributed by atoms with Gasteiger partial charge in [-0.25, -0.2) is 8.42 Å². The van der Waals surface area contributed by atoms with Crippen LogP contribution in [0, 0.1) is 13.8 Å². The lowest BCUT2D eigenvalue weighted by Crippen LogP contribution is -2.40. The number of hydrogen-bond donors (Lipinski definition) is 0. The van der Waals surface area contributed by atoms with Gasteiger partial charge in [-0.1, -0.05) is 17.7 Å². The van der Waals surface area contributed by atoms with Crippen LogP contribution in [-0.2, 0) is 14.6 Å². The topological polar surface area (TPSA) is 63.7 Å². The maximum Gasteiger partial charge on any atom is 0.265 e. The number of ether oxygens (including phenoxy) is 1. The van der Waals surface area contributed by atoms with Crippen molar-refractivity contribution in [2.75, 3.05) is 17.8 Å². The van der Waals surface area contributed by atoms with Crippen LogP contribution in [-0.4, -0.2) is 33.2 Å². The number of aryl methyl sites for hydroxylation is 2. The first kappa shape index (κ1) is 20.0. The molecule has 0 spiro atoms. The van der Waals surface area contributed by atoms with Crippen molar-refractivity contribution in [1.82, 2.24) is 0 Å². The number of hydrogen-bond acceptors (Lipinski definition) is 4. The minimum atomic E-state index is -3.27. The Morgan fingerprint density at radius 2 is 1.69 bits per heavy atom. The molecule has 2 aromatic rings. The molecule has 0 saturated carbocycles. The molecule has 1 amide bonds. The lowest BCUT2D eigenvalue weighted by Gasteiger charge is -2.27. The third-order valence-corrected chi connectivity index (χ3v) is 5.14. The molecular weight excluding hydrogens is 350 g/mol. The Bertz CT molecular complexity index is 887. The predicted molar refractivity (Wildman–Crippen MR) is 104 cm³/mol. The first-order valence-corrected chi connectivity index (χ1v) is 10.3. The summed E-state index contributed by atoms with van der Waals surface area (Å²) in [6, 6.07) is 12.0. The van der Waals surface area contributed by atoms with Crippen LogP contribution < -0.4 is 9.64 Å². The van der Waals surface area contributed by atoms with Crippen molar-refractivity contribution in [3.63, 3.8) is 0 Å². The van der Waals surface area contributed by atoms with E-state index in [1.807, 2.05) is 45.9 Å². The number of carbonyl (C=O) groups is 1. The van der Waals surface area contributed by atoms with Crippen molar-refractivity contribution in [3.05, 3.63) is 53.6 Å². The highest BCUT2D eigenvalue weighted by Crippen LogP contribution is 2.22. The lowest BCUT2D eigenvalue weighted by atomic mass is 10.1. The van der Waals surface area contributed by atoms with E-state index in [2.05, 4.69) is 0 Å². The van der Waals surface area contributed by atoms with Gasteiger partial charge in [-0.2, -0.15) is 0 Å². The smallest absolute Gasteiger partial charge is 0.265 e. The van der Waals surface area contributed by atoms with Gasteiger partial charge in [0.25, 0.3) is 5.91 Å². The van der Waals surface area contributed by atoms with E-state index >= 15 is 0 Å². The number of rotatable bonds is 6.